The molecule has 1 atom stereocenters. The van der Waals surface area contributed by atoms with Gasteiger partial charge in [-0.05, 0) is 55.5 Å². The van der Waals surface area contributed by atoms with Crippen LogP contribution in [0.25, 0.3) is 0 Å². The van der Waals surface area contributed by atoms with Gasteiger partial charge in [-0.1, -0.05) is 72.2 Å². The molecule has 150 valence electrons. The third-order valence-electron chi connectivity index (χ3n) is 4.65. The Labute approximate surface area is 181 Å². The summed E-state index contributed by atoms with van der Waals surface area (Å²) in [5.41, 5.74) is 4.20. The molecule has 0 aliphatic rings. The van der Waals surface area contributed by atoms with Crippen molar-refractivity contribution in [3.05, 3.63) is 82.0 Å². The lowest BCUT2D eigenvalue weighted by molar-refractivity contribution is 0.0944. The molecule has 3 aromatic rings. The van der Waals surface area contributed by atoms with Crippen molar-refractivity contribution in [3.8, 4) is 0 Å². The number of carbonyl (C=O) groups excluding carboxylic acids is 1. The number of amides is 1. The summed E-state index contributed by atoms with van der Waals surface area (Å²) in [4.78, 5) is 13.8. The molecule has 0 saturated heterocycles. The van der Waals surface area contributed by atoms with Crippen LogP contribution in [0.4, 0.5) is 0 Å². The van der Waals surface area contributed by atoms with Crippen LogP contribution in [0.3, 0.4) is 0 Å². The van der Waals surface area contributed by atoms with Crippen molar-refractivity contribution in [2.24, 2.45) is 5.92 Å². The quantitative estimate of drug-likeness (QED) is 0.542. The Morgan fingerprint density at radius 2 is 1.83 bits per heavy atom. The first kappa shape index (κ1) is 21.3. The van der Waals surface area contributed by atoms with Crippen molar-refractivity contribution in [1.29, 1.82) is 0 Å². The largest absolute Gasteiger partial charge is 0.352 e. The van der Waals surface area contributed by atoms with Crippen LogP contribution in [0.1, 0.15) is 34.0 Å². The summed E-state index contributed by atoms with van der Waals surface area (Å²) < 4.78 is 0. The maximum atomic E-state index is 12.8. The van der Waals surface area contributed by atoms with Crippen LogP contribution in [0, 0.1) is 19.8 Å². The monoisotopic (exact) mass is 425 g/mol. The number of nitrogens with one attached hydrogen (secondary N) is 1. The first-order valence-electron chi connectivity index (χ1n) is 9.53. The van der Waals surface area contributed by atoms with Crippen LogP contribution in [0.2, 0.25) is 5.15 Å². The molecule has 0 aliphatic heterocycles. The van der Waals surface area contributed by atoms with Crippen LogP contribution in [-0.2, 0) is 6.42 Å². The van der Waals surface area contributed by atoms with Crippen molar-refractivity contribution in [3.63, 3.8) is 0 Å². The highest BCUT2D eigenvalue weighted by atomic mass is 35.5. The number of rotatable bonds is 7. The minimum atomic E-state index is -0.187. The number of benzene rings is 2. The highest BCUT2D eigenvalue weighted by Gasteiger charge is 2.17. The first-order chi connectivity index (χ1) is 13.9. The molecule has 0 aliphatic carbocycles. The lowest BCUT2D eigenvalue weighted by Crippen LogP contribution is -2.29. The van der Waals surface area contributed by atoms with Crippen LogP contribution in [-0.4, -0.2) is 22.6 Å². The molecule has 0 radical (unpaired) electrons. The molecule has 0 bridgehead atoms. The normalized spacial score (nSPS) is 11.9. The van der Waals surface area contributed by atoms with E-state index in [4.69, 9.17) is 11.6 Å². The Morgan fingerprint density at radius 3 is 2.55 bits per heavy atom. The summed E-state index contributed by atoms with van der Waals surface area (Å²) in [6, 6.07) is 18.0. The molecule has 1 amide bonds. The van der Waals surface area contributed by atoms with Gasteiger partial charge in [0.1, 0.15) is 5.03 Å². The van der Waals surface area contributed by atoms with Crippen LogP contribution in [0.5, 0.6) is 0 Å². The highest BCUT2D eigenvalue weighted by molar-refractivity contribution is 7.99. The summed E-state index contributed by atoms with van der Waals surface area (Å²) in [7, 11) is 0. The Morgan fingerprint density at radius 1 is 1.10 bits per heavy atom. The zero-order valence-electron chi connectivity index (χ0n) is 16.8. The van der Waals surface area contributed by atoms with E-state index in [1.54, 1.807) is 6.07 Å². The maximum Gasteiger partial charge on any atom is 0.254 e. The minimum Gasteiger partial charge on any atom is -0.352 e. The Bertz CT molecular complexity index is 992. The molecule has 0 fully saturated rings. The van der Waals surface area contributed by atoms with Gasteiger partial charge in [-0.15, -0.1) is 10.2 Å². The molecule has 0 spiro atoms. The summed E-state index contributed by atoms with van der Waals surface area (Å²) in [5, 5.41) is 11.8. The molecule has 2 aromatic carbocycles. The molecule has 4 nitrogen and oxygen atoms in total. The van der Waals surface area contributed by atoms with E-state index < -0.39 is 0 Å². The van der Waals surface area contributed by atoms with Crippen molar-refractivity contribution in [1.82, 2.24) is 15.5 Å². The maximum absolute atomic E-state index is 12.8. The topological polar surface area (TPSA) is 54.9 Å². The van der Waals surface area contributed by atoms with Gasteiger partial charge in [0.25, 0.3) is 5.91 Å². The van der Waals surface area contributed by atoms with Crippen molar-refractivity contribution in [2.75, 3.05) is 6.54 Å². The summed E-state index contributed by atoms with van der Waals surface area (Å²) in [6.07, 6.45) is 0.910. The van der Waals surface area contributed by atoms with Crippen LogP contribution < -0.4 is 5.32 Å². The van der Waals surface area contributed by atoms with Gasteiger partial charge in [0.15, 0.2) is 5.15 Å². The van der Waals surface area contributed by atoms with E-state index in [2.05, 4.69) is 41.5 Å². The average Bonchev–Trinajstić information content (AvgIpc) is 2.71. The third kappa shape index (κ3) is 6.05. The van der Waals surface area contributed by atoms with Gasteiger partial charge in [-0.2, -0.15) is 0 Å². The number of nitrogens with zero attached hydrogens (tertiary/aromatic N) is 2. The van der Waals surface area contributed by atoms with E-state index in [0.29, 0.717) is 23.1 Å². The van der Waals surface area contributed by atoms with Gasteiger partial charge >= 0.3 is 0 Å². The molecule has 1 aromatic heterocycles. The van der Waals surface area contributed by atoms with Crippen LogP contribution in [0.15, 0.2) is 64.5 Å². The smallest absolute Gasteiger partial charge is 0.254 e. The molecule has 29 heavy (non-hydrogen) atoms. The second kappa shape index (κ2) is 9.90. The lowest BCUT2D eigenvalue weighted by Gasteiger charge is -2.15. The van der Waals surface area contributed by atoms with E-state index in [0.717, 1.165) is 11.3 Å². The standard InChI is InChI=1S/C23H24ClN3OS/c1-15-8-10-19(11-9-15)29-23-20(13-21(24)26-27-23)22(28)25-14-16(2)12-18-7-5-4-6-17(18)3/h4-11,13,16H,12,14H2,1-3H3,(H,25,28). The van der Waals surface area contributed by atoms with E-state index >= 15 is 0 Å². The fourth-order valence-corrected chi connectivity index (χ4v) is 3.95. The zero-order valence-corrected chi connectivity index (χ0v) is 18.3. The molecular weight excluding hydrogens is 402 g/mol. The third-order valence-corrected chi connectivity index (χ3v) is 5.84. The number of aryl methyl sites for hydroxylation is 2. The van der Waals surface area contributed by atoms with E-state index in [-0.39, 0.29) is 11.1 Å². The van der Waals surface area contributed by atoms with Crippen molar-refractivity contribution >= 4 is 29.3 Å². The van der Waals surface area contributed by atoms with Gasteiger partial charge in [0.2, 0.25) is 0 Å². The highest BCUT2D eigenvalue weighted by Crippen LogP contribution is 2.29. The van der Waals surface area contributed by atoms with Gasteiger partial charge < -0.3 is 5.32 Å². The number of hydrogen-bond acceptors (Lipinski definition) is 4. The fourth-order valence-electron chi connectivity index (χ4n) is 2.96. The van der Waals surface area contributed by atoms with E-state index in [1.807, 2.05) is 43.3 Å². The molecule has 1 heterocycles. The predicted octanol–water partition coefficient (Wildman–Crippen LogP) is 5.51. The Hall–Kier alpha value is -2.37. The lowest BCUT2D eigenvalue weighted by atomic mass is 9.97. The molecular formula is C23H24ClN3OS. The zero-order chi connectivity index (χ0) is 20.8. The summed E-state index contributed by atoms with van der Waals surface area (Å²) in [6.45, 7) is 6.85. The molecule has 1 unspecified atom stereocenters. The van der Waals surface area contributed by atoms with Gasteiger partial charge in [0.05, 0.1) is 5.56 Å². The molecule has 1 N–H and O–H groups in total. The molecule has 0 saturated carbocycles. The van der Waals surface area contributed by atoms with Gasteiger partial charge in [0, 0.05) is 11.4 Å². The number of carbonyl (C=O) groups is 1. The van der Waals surface area contributed by atoms with Gasteiger partial charge in [-0.25, -0.2) is 0 Å². The summed E-state index contributed by atoms with van der Waals surface area (Å²) in [5.74, 6) is 0.117. The number of halogens is 1. The minimum absolute atomic E-state index is 0.187. The molecule has 6 heteroatoms. The second-order valence-corrected chi connectivity index (χ2v) is 8.70. The van der Waals surface area contributed by atoms with Gasteiger partial charge in [-0.3, -0.25) is 4.79 Å². The van der Waals surface area contributed by atoms with E-state index in [9.17, 15) is 4.79 Å². The number of aromatic nitrogens is 2. The average molecular weight is 426 g/mol. The Balaban J connectivity index is 1.67. The van der Waals surface area contributed by atoms with Crippen molar-refractivity contribution in [2.45, 2.75) is 37.1 Å². The first-order valence-corrected chi connectivity index (χ1v) is 10.7. The van der Waals surface area contributed by atoms with Crippen LogP contribution >= 0.6 is 23.4 Å². The molecule has 3 rings (SSSR count). The van der Waals surface area contributed by atoms with Crippen molar-refractivity contribution < 1.29 is 4.79 Å². The predicted molar refractivity (Wildman–Crippen MR) is 119 cm³/mol. The fraction of sp³-hybridized carbons (Fsp3) is 0.261. The SMILES string of the molecule is Cc1ccc(Sc2nnc(Cl)cc2C(=O)NCC(C)Cc2ccccc2C)cc1. The van der Waals surface area contributed by atoms with E-state index in [1.165, 1.54) is 28.5 Å². The number of hydrogen-bond donors (Lipinski definition) is 1. The summed E-state index contributed by atoms with van der Waals surface area (Å²) >= 11 is 7.41. The Kier molecular flexibility index (Phi) is 7.29. The second-order valence-electron chi connectivity index (χ2n) is 7.25.